The summed E-state index contributed by atoms with van der Waals surface area (Å²) in [5.41, 5.74) is 9.58. The predicted octanol–water partition coefficient (Wildman–Crippen LogP) is 15.6. The molecule has 0 N–H and O–H groups in total. The Morgan fingerprint density at radius 3 is 0.895 bits per heavy atom. The standard InChI is InChI=1S/C70H36N2O4/c73-67-43-21-9-7-19-41(43)51-33-57-53(35-55(51)67)49-31-37(27-29-45(49)69(57)75)61-64-48-24-12-14-26-60(48)72(40-17-5-2-6-18-40)66(64)62(63-47-23-11-13-25-59(47)71(65(61)63)39-15-3-1-4-16-39)38-28-30-46-50(32-38)54-36-56-52(34-58(54)70(46)76)42-20-8-10-22-44(42)68(56)74/h1-36H. The van der Waals surface area contributed by atoms with Gasteiger partial charge in [0.05, 0.1) is 22.1 Å². The van der Waals surface area contributed by atoms with Gasteiger partial charge in [-0.1, -0.05) is 133 Å². The number of nitrogens with zero attached hydrogens (tertiary/aromatic N) is 2. The van der Waals surface area contributed by atoms with Crippen molar-refractivity contribution >= 4 is 130 Å². The van der Waals surface area contributed by atoms with Crippen molar-refractivity contribution < 1.29 is 0 Å². The average molecular weight is 969 g/mol. The minimum Gasteiger partial charge on any atom is -0.309 e. The third kappa shape index (κ3) is 5.19. The lowest BCUT2D eigenvalue weighted by atomic mass is 9.88. The van der Waals surface area contributed by atoms with E-state index in [2.05, 4.69) is 130 Å². The molecule has 0 fully saturated rings. The van der Waals surface area contributed by atoms with Crippen molar-refractivity contribution in [2.45, 2.75) is 0 Å². The molecule has 76 heavy (non-hydrogen) atoms. The second-order valence-corrected chi connectivity index (χ2v) is 20.4. The minimum absolute atomic E-state index is 0.0343. The Labute approximate surface area is 429 Å². The molecule has 0 aliphatic carbocycles. The Hall–Kier alpha value is -10.3. The fraction of sp³-hybridized carbons (Fsp3) is 0. The summed E-state index contributed by atoms with van der Waals surface area (Å²) in [5, 5.41) is 15.4. The summed E-state index contributed by atoms with van der Waals surface area (Å²) in [6, 6.07) is 73.6. The third-order valence-electron chi connectivity index (χ3n) is 16.7. The van der Waals surface area contributed by atoms with E-state index in [1.807, 2.05) is 97.1 Å². The molecule has 17 rings (SSSR count). The summed E-state index contributed by atoms with van der Waals surface area (Å²) in [6.45, 7) is 0. The third-order valence-corrected chi connectivity index (χ3v) is 16.7. The maximum atomic E-state index is 14.6. The van der Waals surface area contributed by atoms with Crippen LogP contribution >= 0.6 is 0 Å². The largest absolute Gasteiger partial charge is 0.309 e. The van der Waals surface area contributed by atoms with Crippen LogP contribution in [-0.2, 0) is 0 Å². The highest BCUT2D eigenvalue weighted by Gasteiger charge is 2.30. The molecule has 0 spiro atoms. The minimum atomic E-state index is -0.0589. The van der Waals surface area contributed by atoms with Crippen LogP contribution in [0.5, 0.6) is 0 Å². The van der Waals surface area contributed by atoms with Gasteiger partial charge in [0.25, 0.3) is 0 Å². The van der Waals surface area contributed by atoms with Crippen molar-refractivity contribution in [2.24, 2.45) is 0 Å². The first-order valence-electron chi connectivity index (χ1n) is 25.6. The van der Waals surface area contributed by atoms with Crippen LogP contribution < -0.4 is 21.7 Å². The van der Waals surface area contributed by atoms with Gasteiger partial charge in [-0.05, 0) is 139 Å². The lowest BCUT2D eigenvalue weighted by Gasteiger charge is -2.19. The molecule has 0 saturated heterocycles. The van der Waals surface area contributed by atoms with Crippen LogP contribution in [-0.4, -0.2) is 9.13 Å². The zero-order valence-electron chi connectivity index (χ0n) is 40.3. The molecular formula is C70H36N2O4. The fourth-order valence-electron chi connectivity index (χ4n) is 13.4. The van der Waals surface area contributed by atoms with Crippen LogP contribution in [0.1, 0.15) is 0 Å². The molecule has 6 nitrogen and oxygen atoms in total. The highest BCUT2D eigenvalue weighted by atomic mass is 16.1. The topological polar surface area (TPSA) is 78.1 Å². The maximum Gasteiger partial charge on any atom is 0.194 e. The number of fused-ring (bicyclic) bond motifs is 18. The quantitative estimate of drug-likeness (QED) is 0.176. The number of aromatic nitrogens is 2. The number of benzene rings is 11. The highest BCUT2D eigenvalue weighted by Crippen LogP contribution is 2.53. The Balaban J connectivity index is 1.08. The number of hydrogen-bond acceptors (Lipinski definition) is 4. The zero-order valence-corrected chi connectivity index (χ0v) is 40.3. The summed E-state index contributed by atoms with van der Waals surface area (Å²) in [4.78, 5) is 57.3. The monoisotopic (exact) mass is 968 g/mol. The van der Waals surface area contributed by atoms with Gasteiger partial charge in [0.1, 0.15) is 0 Å². The van der Waals surface area contributed by atoms with E-state index >= 15 is 0 Å². The predicted molar refractivity (Wildman–Crippen MR) is 316 cm³/mol. The SMILES string of the molecule is O=c1c2ccccc2c2cc3c(=O)c4ccc(-c5c6c7ccccc7n(-c7ccccc7)c6c(-c6ccc7c(=O)c8cc9c(cc8c7c6)c(=O)c6ccccc69)c6c7ccccc7n(-c7ccccc7)c56)cc4c3cc12. The molecule has 350 valence electrons. The molecule has 6 heteroatoms. The number of para-hydroxylation sites is 4. The summed E-state index contributed by atoms with van der Waals surface area (Å²) < 4.78 is 4.76. The van der Waals surface area contributed by atoms with Crippen molar-refractivity contribution in [1.82, 2.24) is 9.13 Å². The van der Waals surface area contributed by atoms with Crippen molar-refractivity contribution in [3.63, 3.8) is 0 Å². The van der Waals surface area contributed by atoms with Gasteiger partial charge in [-0.2, -0.15) is 0 Å². The van der Waals surface area contributed by atoms with Gasteiger partial charge in [0, 0.05) is 87.1 Å². The summed E-state index contributed by atoms with van der Waals surface area (Å²) in [7, 11) is 0. The molecule has 0 unspecified atom stereocenters. The zero-order chi connectivity index (χ0) is 50.2. The van der Waals surface area contributed by atoms with Gasteiger partial charge in [-0.3, -0.25) is 19.2 Å². The van der Waals surface area contributed by atoms with Crippen LogP contribution in [0.25, 0.3) is 163 Å². The maximum absolute atomic E-state index is 14.6. The second kappa shape index (κ2) is 14.7. The van der Waals surface area contributed by atoms with Crippen molar-refractivity contribution in [3.05, 3.63) is 259 Å². The first kappa shape index (κ1) is 41.2. The summed E-state index contributed by atoms with van der Waals surface area (Å²) in [6.07, 6.45) is 0. The molecule has 0 atom stereocenters. The molecule has 0 aliphatic heterocycles. The van der Waals surface area contributed by atoms with Gasteiger partial charge in [0.15, 0.2) is 21.7 Å². The molecule has 2 heterocycles. The van der Waals surface area contributed by atoms with E-state index in [4.69, 9.17) is 0 Å². The lowest BCUT2D eigenvalue weighted by molar-refractivity contribution is 1.18. The van der Waals surface area contributed by atoms with Gasteiger partial charge in [-0.25, -0.2) is 0 Å². The number of rotatable bonds is 4. The first-order chi connectivity index (χ1) is 37.4. The van der Waals surface area contributed by atoms with E-state index in [1.165, 1.54) is 0 Å². The molecular weight excluding hydrogens is 933 g/mol. The molecule has 0 aliphatic rings. The van der Waals surface area contributed by atoms with E-state index in [0.717, 1.165) is 120 Å². The van der Waals surface area contributed by atoms with E-state index < -0.39 is 0 Å². The van der Waals surface area contributed by atoms with E-state index in [0.29, 0.717) is 43.1 Å². The van der Waals surface area contributed by atoms with Crippen LogP contribution in [0, 0.1) is 0 Å². The van der Waals surface area contributed by atoms with Crippen LogP contribution in [0.15, 0.2) is 238 Å². The molecule has 0 saturated carbocycles. The molecule has 0 radical (unpaired) electrons. The fourth-order valence-corrected chi connectivity index (χ4v) is 13.4. The smallest absolute Gasteiger partial charge is 0.194 e. The molecule has 17 aromatic rings. The van der Waals surface area contributed by atoms with Gasteiger partial charge in [0.2, 0.25) is 0 Å². The van der Waals surface area contributed by atoms with Crippen molar-refractivity contribution in [3.8, 4) is 33.6 Å². The van der Waals surface area contributed by atoms with Gasteiger partial charge >= 0.3 is 0 Å². The molecule has 0 bridgehead atoms. The lowest BCUT2D eigenvalue weighted by Crippen LogP contribution is -1.99. The summed E-state index contributed by atoms with van der Waals surface area (Å²) in [5.74, 6) is 0. The Bertz CT molecular complexity index is 5320. The first-order valence-corrected chi connectivity index (χ1v) is 25.6. The molecule has 2 aromatic heterocycles. The van der Waals surface area contributed by atoms with Gasteiger partial charge < -0.3 is 9.13 Å². The van der Waals surface area contributed by atoms with E-state index in [9.17, 15) is 19.2 Å². The second-order valence-electron chi connectivity index (χ2n) is 20.4. The average Bonchev–Trinajstić information content (AvgIpc) is 4.47. The highest BCUT2D eigenvalue weighted by molar-refractivity contribution is 6.34. The molecule has 15 aromatic carbocycles. The molecule has 0 amide bonds. The summed E-state index contributed by atoms with van der Waals surface area (Å²) >= 11 is 0. The van der Waals surface area contributed by atoms with E-state index in [-0.39, 0.29) is 21.7 Å². The van der Waals surface area contributed by atoms with Crippen LogP contribution in [0.4, 0.5) is 0 Å². The van der Waals surface area contributed by atoms with Crippen LogP contribution in [0.2, 0.25) is 0 Å². The van der Waals surface area contributed by atoms with Crippen molar-refractivity contribution in [1.29, 1.82) is 0 Å². The Morgan fingerprint density at radius 2 is 0.513 bits per heavy atom. The van der Waals surface area contributed by atoms with Crippen LogP contribution in [0.3, 0.4) is 0 Å². The Morgan fingerprint density at radius 1 is 0.224 bits per heavy atom. The van der Waals surface area contributed by atoms with Crippen molar-refractivity contribution in [2.75, 3.05) is 0 Å². The normalized spacial score (nSPS) is 12.4. The van der Waals surface area contributed by atoms with E-state index in [1.54, 1.807) is 0 Å². The number of hydrogen-bond donors (Lipinski definition) is 0. The van der Waals surface area contributed by atoms with Gasteiger partial charge in [-0.15, -0.1) is 0 Å². The Kier molecular flexibility index (Phi) is 7.96.